The van der Waals surface area contributed by atoms with Gasteiger partial charge < -0.3 is 94.0 Å². The standard InChI is InChI=1S/C28H29Cl2N7O4.C28H32F2N6O5.C27H28Cl2N6O4/c1-5-21(38)33-17-11-41-12-18(17)35-27-32-10-15-8-16(22-23(29)19(39-3)9-20(40-4)24(22)30)34-26(25(15)36-27)37-7-6-28(2,13-31)14-37;1-6-21(37)32-17-12-41-13-18(17)34-27-31-11-15-9-16(22-23(29)19(38-3)10-20(39-4)24(22)30)33-26(25(15)35-27)36-8-7-28(2,14-36)40-5;1-4-21(36)31-17-11-39-12-18(17)33-27-30-8-13-6-16(22-23(28)19(37-2)7-20(38-3)24(22)29)32-26(25(13)34-27)35-9-14-5-15(14)10-35/h5,8-10,17-18H,1,6-7,11-12,14H2,2-4H3,(H,33,38)(H,32,35,36);6,9-11,17-18H,1,7-8,12-14H2,2-5H3,(H,32,37)(H,31,34,35);4,6-8,14-15,17-18H,1,5,9-12H2,2-3H3,(H,31,36)(H,30,33,34)/t2*17-,18+,28?;14?,15?,17-,18+/m000/s1. The van der Waals surface area contributed by atoms with Gasteiger partial charge in [0.1, 0.15) is 39.5 Å². The molecular formula is C83H89Cl4F2N19O13. The number of nitrogens with one attached hydrogen (secondary N) is 6. The molecule has 7 fully saturated rings. The topological polar surface area (TPSA) is 365 Å². The van der Waals surface area contributed by atoms with Crippen molar-refractivity contribution < 1.29 is 70.5 Å². The number of hydrogen-bond donors (Lipinski definition) is 6. The number of carbonyl (C=O) groups excluding carboxylic acids is 3. The number of nitrogens with zero attached hydrogens (tertiary/aromatic N) is 13. The van der Waals surface area contributed by atoms with E-state index in [2.05, 4.69) is 77.6 Å². The number of methoxy groups -OCH3 is 7. The highest BCUT2D eigenvalue weighted by atomic mass is 35.5. The van der Waals surface area contributed by atoms with Gasteiger partial charge in [-0.05, 0) is 81.4 Å². The molecule has 4 unspecified atom stereocenters. The summed E-state index contributed by atoms with van der Waals surface area (Å²) in [4.78, 5) is 84.6. The van der Waals surface area contributed by atoms with Gasteiger partial charge in [0.2, 0.25) is 35.6 Å². The summed E-state index contributed by atoms with van der Waals surface area (Å²) in [6, 6.07) is 10.5. The fourth-order valence-corrected chi connectivity index (χ4v) is 16.9. The van der Waals surface area contributed by atoms with Gasteiger partial charge in [-0.2, -0.15) is 5.26 Å². The number of benzene rings is 3. The number of halogens is 6. The zero-order valence-electron chi connectivity index (χ0n) is 67.7. The Morgan fingerprint density at radius 3 is 1.14 bits per heavy atom. The number of anilines is 6. The van der Waals surface area contributed by atoms with Crippen molar-refractivity contribution in [3.8, 4) is 74.3 Å². The molecule has 12 heterocycles. The number of rotatable bonds is 25. The Morgan fingerprint density at radius 1 is 0.479 bits per heavy atom. The Bertz CT molecular complexity index is 5500. The molecule has 6 aliphatic heterocycles. The summed E-state index contributed by atoms with van der Waals surface area (Å²) in [5, 5.41) is 31.5. The maximum atomic E-state index is 15.5. The number of fused-ring (bicyclic) bond motifs is 4. The van der Waals surface area contributed by atoms with Crippen molar-refractivity contribution in [2.45, 2.75) is 75.0 Å². The van der Waals surface area contributed by atoms with Crippen LogP contribution in [0, 0.1) is 40.2 Å². The van der Waals surface area contributed by atoms with E-state index < -0.39 is 22.7 Å². The van der Waals surface area contributed by atoms with Crippen molar-refractivity contribution in [1.29, 1.82) is 5.26 Å². The Balaban J connectivity index is 0.000000148. The third-order valence-electron chi connectivity index (χ3n) is 22.4. The number of hydrogen-bond acceptors (Lipinski definition) is 29. The van der Waals surface area contributed by atoms with Gasteiger partial charge in [0, 0.05) is 110 Å². The van der Waals surface area contributed by atoms with Crippen molar-refractivity contribution >= 4 is 132 Å². The summed E-state index contributed by atoms with van der Waals surface area (Å²) in [5.41, 5.74) is 2.47. The second-order valence-electron chi connectivity index (χ2n) is 30.4. The lowest BCUT2D eigenvalue weighted by atomic mass is 9.92. The molecule has 121 heavy (non-hydrogen) atoms. The molecule has 7 aliphatic rings. The molecule has 1 aliphatic carbocycles. The highest BCUT2D eigenvalue weighted by Gasteiger charge is 2.47. The van der Waals surface area contributed by atoms with Crippen molar-refractivity contribution in [3.63, 3.8) is 0 Å². The summed E-state index contributed by atoms with van der Waals surface area (Å²) in [6.07, 6.45) is 11.3. The van der Waals surface area contributed by atoms with Crippen molar-refractivity contribution in [2.24, 2.45) is 17.3 Å². The quantitative estimate of drug-likeness (QED) is 0.0289. The molecule has 9 aromatic rings. The monoisotopic (exact) mass is 1740 g/mol. The van der Waals surface area contributed by atoms with Gasteiger partial charge in [-0.25, -0.2) is 53.6 Å². The molecule has 0 spiro atoms. The summed E-state index contributed by atoms with van der Waals surface area (Å²) in [5.74, 6) is 2.78. The van der Waals surface area contributed by atoms with Crippen LogP contribution in [0.1, 0.15) is 33.1 Å². The normalized spacial score (nSPS) is 22.5. The minimum atomic E-state index is -0.903. The van der Waals surface area contributed by atoms with Gasteiger partial charge in [0.25, 0.3) is 0 Å². The van der Waals surface area contributed by atoms with Gasteiger partial charge in [0.15, 0.2) is 40.6 Å². The average Bonchev–Trinajstić information content (AvgIpc) is 1.68. The molecule has 6 saturated heterocycles. The first-order chi connectivity index (χ1) is 58.3. The van der Waals surface area contributed by atoms with E-state index in [1.54, 1.807) is 58.1 Å². The van der Waals surface area contributed by atoms with Crippen LogP contribution in [0.15, 0.2) is 93.0 Å². The van der Waals surface area contributed by atoms with Gasteiger partial charge in [-0.15, -0.1) is 0 Å². The summed E-state index contributed by atoms with van der Waals surface area (Å²) >= 11 is 27.0. The van der Waals surface area contributed by atoms with Gasteiger partial charge >= 0.3 is 0 Å². The van der Waals surface area contributed by atoms with E-state index in [4.69, 9.17) is 124 Å². The van der Waals surface area contributed by atoms with Crippen LogP contribution in [0.2, 0.25) is 20.1 Å². The molecule has 38 heteroatoms. The molecule has 10 atom stereocenters. The number of ether oxygens (including phenoxy) is 10. The van der Waals surface area contributed by atoms with E-state index in [1.807, 2.05) is 29.7 Å². The summed E-state index contributed by atoms with van der Waals surface area (Å²) in [6.45, 7) is 20.6. The SMILES string of the molecule is C=CC(=O)N[C@H]1COC[C@H]1Nc1ncc2cc(-c3c(Cl)c(OC)cc(OC)c3Cl)nc(N3CC4CC4C3)c2n1.C=CC(=O)N[C@H]1COC[C@H]1Nc1ncc2cc(-c3c(Cl)c(OC)cc(OC)c3Cl)nc(N3CCC(C)(C#N)C3)c2n1.C=CC(=O)N[C@H]1COC[C@H]1Nc1ncc2cc(-c3c(F)c(OC)cc(OC)c3F)nc(N3CCC(C)(OC)C3)c2n1. The second kappa shape index (κ2) is 36.6. The fourth-order valence-electron chi connectivity index (χ4n) is 15.5. The molecule has 6 N–H and O–H groups in total. The van der Waals surface area contributed by atoms with Crippen LogP contribution >= 0.6 is 46.4 Å². The molecule has 0 bridgehead atoms. The molecule has 636 valence electrons. The number of aromatic nitrogens is 9. The second-order valence-corrected chi connectivity index (χ2v) is 31.9. The van der Waals surface area contributed by atoms with Crippen LogP contribution in [-0.2, 0) is 33.3 Å². The molecule has 0 radical (unpaired) electrons. The molecule has 1 saturated carbocycles. The van der Waals surface area contributed by atoms with E-state index in [9.17, 15) is 19.6 Å². The Labute approximate surface area is 715 Å². The molecule has 16 rings (SSSR count). The average molecular weight is 1740 g/mol. The minimum Gasteiger partial charge on any atom is -0.495 e. The van der Waals surface area contributed by atoms with E-state index >= 15 is 8.78 Å². The summed E-state index contributed by atoms with van der Waals surface area (Å²) in [7, 11) is 10.3. The van der Waals surface area contributed by atoms with E-state index in [0.29, 0.717) is 197 Å². The number of amides is 3. The first-order valence-electron chi connectivity index (χ1n) is 38.7. The van der Waals surface area contributed by atoms with Gasteiger partial charge in [-0.3, -0.25) is 14.4 Å². The maximum Gasteiger partial charge on any atom is 0.243 e. The smallest absolute Gasteiger partial charge is 0.243 e. The van der Waals surface area contributed by atoms with Crippen LogP contribution in [0.4, 0.5) is 44.1 Å². The molecule has 3 amide bonds. The van der Waals surface area contributed by atoms with Crippen molar-refractivity contribution in [1.82, 2.24) is 60.8 Å². The largest absolute Gasteiger partial charge is 0.495 e. The zero-order chi connectivity index (χ0) is 85.9. The van der Waals surface area contributed by atoms with Crippen LogP contribution in [0.5, 0.6) is 34.5 Å². The predicted octanol–water partition coefficient (Wildman–Crippen LogP) is 11.3. The van der Waals surface area contributed by atoms with Crippen LogP contribution in [0.25, 0.3) is 66.5 Å². The third-order valence-corrected chi connectivity index (χ3v) is 23.9. The number of carbonyl (C=O) groups is 3. The Hall–Kier alpha value is -11.3. The van der Waals surface area contributed by atoms with Gasteiger partial charge in [-0.1, -0.05) is 66.1 Å². The molecule has 32 nitrogen and oxygen atoms in total. The first kappa shape index (κ1) is 86.1. The van der Waals surface area contributed by atoms with E-state index in [1.165, 1.54) is 59.2 Å². The zero-order valence-corrected chi connectivity index (χ0v) is 70.7. The Kier molecular flexibility index (Phi) is 26.0. The predicted molar refractivity (Wildman–Crippen MR) is 455 cm³/mol. The van der Waals surface area contributed by atoms with Crippen molar-refractivity contribution in [3.05, 3.63) is 125 Å². The minimum absolute atomic E-state index is 0.0337. The number of pyridine rings is 3. The van der Waals surface area contributed by atoms with E-state index in [-0.39, 0.29) is 92.7 Å². The van der Waals surface area contributed by atoms with Crippen LogP contribution < -0.4 is 75.0 Å². The van der Waals surface area contributed by atoms with E-state index in [0.717, 1.165) is 30.4 Å². The molecule has 6 aromatic heterocycles. The molecular weight excluding hydrogens is 1650 g/mol. The lowest BCUT2D eigenvalue weighted by Gasteiger charge is -2.25. The van der Waals surface area contributed by atoms with Crippen molar-refractivity contribution in [2.75, 3.05) is 159 Å². The summed E-state index contributed by atoms with van der Waals surface area (Å²) < 4.78 is 85.5. The maximum absolute atomic E-state index is 15.5. The van der Waals surface area contributed by atoms with Crippen LogP contribution in [-0.4, -0.2) is 233 Å². The fraction of sp³-hybridized carbons (Fsp3) is 0.410. The number of nitriles is 1. The highest BCUT2D eigenvalue weighted by Crippen LogP contribution is 2.52. The lowest BCUT2D eigenvalue weighted by molar-refractivity contribution is -0.118. The van der Waals surface area contributed by atoms with Crippen LogP contribution in [0.3, 0.4) is 0 Å². The highest BCUT2D eigenvalue weighted by molar-refractivity contribution is 6.42. The first-order valence-corrected chi connectivity index (χ1v) is 40.2. The Morgan fingerprint density at radius 2 is 0.810 bits per heavy atom. The number of piperidine rings is 1. The third kappa shape index (κ3) is 18.1. The molecule has 3 aromatic carbocycles. The lowest BCUT2D eigenvalue weighted by Crippen LogP contribution is -2.45. The van der Waals surface area contributed by atoms with Gasteiger partial charge in [0.05, 0.1) is 178 Å².